The smallest absolute Gasteiger partial charge is 0.226 e. The first-order chi connectivity index (χ1) is 7.69. The van der Waals surface area contributed by atoms with E-state index in [1.165, 1.54) is 0 Å². The number of hydrogen-bond acceptors (Lipinski definition) is 3. The van der Waals surface area contributed by atoms with Gasteiger partial charge >= 0.3 is 0 Å². The number of amides is 1. The summed E-state index contributed by atoms with van der Waals surface area (Å²) >= 11 is 0. The van der Waals surface area contributed by atoms with Crippen LogP contribution in [0.4, 0.5) is 0 Å². The van der Waals surface area contributed by atoms with Crippen molar-refractivity contribution in [2.75, 3.05) is 13.6 Å². The van der Waals surface area contributed by atoms with E-state index in [9.17, 15) is 4.79 Å². The first kappa shape index (κ1) is 12.6. The SMILES string of the molecule is CCC(CN)C(=O)N(C)Cc1cccnc1. The number of nitrogens with two attached hydrogens (primary N) is 1. The average molecular weight is 221 g/mol. The molecule has 0 aliphatic heterocycles. The Morgan fingerprint density at radius 3 is 2.88 bits per heavy atom. The van der Waals surface area contributed by atoms with Crippen LogP contribution >= 0.6 is 0 Å². The van der Waals surface area contributed by atoms with Crippen LogP contribution in [0.2, 0.25) is 0 Å². The minimum atomic E-state index is -0.0679. The summed E-state index contributed by atoms with van der Waals surface area (Å²) in [6.07, 6.45) is 4.28. The zero-order chi connectivity index (χ0) is 12.0. The van der Waals surface area contributed by atoms with Gasteiger partial charge in [0.25, 0.3) is 0 Å². The lowest BCUT2D eigenvalue weighted by atomic mass is 10.1. The maximum Gasteiger partial charge on any atom is 0.226 e. The van der Waals surface area contributed by atoms with Gasteiger partial charge in [-0.25, -0.2) is 0 Å². The largest absolute Gasteiger partial charge is 0.341 e. The van der Waals surface area contributed by atoms with Crippen LogP contribution in [0.5, 0.6) is 0 Å². The zero-order valence-electron chi connectivity index (χ0n) is 9.89. The molecule has 1 atom stereocenters. The number of carbonyl (C=O) groups is 1. The summed E-state index contributed by atoms with van der Waals surface area (Å²) in [5, 5.41) is 0. The van der Waals surface area contributed by atoms with Gasteiger partial charge in [0.1, 0.15) is 0 Å². The van der Waals surface area contributed by atoms with Crippen LogP contribution in [0.3, 0.4) is 0 Å². The van der Waals surface area contributed by atoms with Gasteiger partial charge in [-0.3, -0.25) is 9.78 Å². The van der Waals surface area contributed by atoms with Crippen LogP contribution in [-0.4, -0.2) is 29.4 Å². The molecule has 1 amide bonds. The van der Waals surface area contributed by atoms with Gasteiger partial charge in [0.05, 0.1) is 5.92 Å². The molecular formula is C12H19N3O. The Morgan fingerprint density at radius 1 is 1.62 bits per heavy atom. The third-order valence-electron chi connectivity index (χ3n) is 2.65. The molecule has 0 saturated carbocycles. The van der Waals surface area contributed by atoms with Crippen molar-refractivity contribution < 1.29 is 4.79 Å². The fourth-order valence-electron chi connectivity index (χ4n) is 1.60. The minimum Gasteiger partial charge on any atom is -0.341 e. The van der Waals surface area contributed by atoms with Gasteiger partial charge in [0.15, 0.2) is 0 Å². The lowest BCUT2D eigenvalue weighted by Crippen LogP contribution is -2.35. The third kappa shape index (κ3) is 3.31. The lowest BCUT2D eigenvalue weighted by Gasteiger charge is -2.22. The second-order valence-electron chi connectivity index (χ2n) is 3.90. The number of aromatic nitrogens is 1. The Morgan fingerprint density at radius 2 is 2.38 bits per heavy atom. The van der Waals surface area contributed by atoms with E-state index in [2.05, 4.69) is 4.98 Å². The van der Waals surface area contributed by atoms with Crippen LogP contribution in [0.15, 0.2) is 24.5 Å². The molecule has 1 aromatic rings. The monoisotopic (exact) mass is 221 g/mol. The molecule has 1 aromatic heterocycles. The molecular weight excluding hydrogens is 202 g/mol. The Bertz CT molecular complexity index is 322. The quantitative estimate of drug-likeness (QED) is 0.807. The van der Waals surface area contributed by atoms with E-state index in [4.69, 9.17) is 5.73 Å². The van der Waals surface area contributed by atoms with Gasteiger partial charge < -0.3 is 10.6 Å². The molecule has 4 nitrogen and oxygen atoms in total. The number of nitrogens with zero attached hydrogens (tertiary/aromatic N) is 2. The molecule has 0 fully saturated rings. The topological polar surface area (TPSA) is 59.2 Å². The summed E-state index contributed by atoms with van der Waals surface area (Å²) in [6.45, 7) is 2.98. The maximum absolute atomic E-state index is 11.9. The summed E-state index contributed by atoms with van der Waals surface area (Å²) < 4.78 is 0. The maximum atomic E-state index is 11.9. The number of carbonyl (C=O) groups excluding carboxylic acids is 1. The van der Waals surface area contributed by atoms with Gasteiger partial charge in [-0.05, 0) is 18.1 Å². The lowest BCUT2D eigenvalue weighted by molar-refractivity contribution is -0.134. The fraction of sp³-hybridized carbons (Fsp3) is 0.500. The molecule has 0 spiro atoms. The third-order valence-corrected chi connectivity index (χ3v) is 2.65. The average Bonchev–Trinajstić information content (AvgIpc) is 2.31. The highest BCUT2D eigenvalue weighted by Crippen LogP contribution is 2.08. The van der Waals surface area contributed by atoms with Crippen molar-refractivity contribution in [2.45, 2.75) is 19.9 Å². The first-order valence-electron chi connectivity index (χ1n) is 5.53. The Hall–Kier alpha value is -1.42. The van der Waals surface area contributed by atoms with Crippen molar-refractivity contribution in [3.8, 4) is 0 Å². The number of rotatable bonds is 5. The summed E-state index contributed by atoms with van der Waals surface area (Å²) in [5.41, 5.74) is 6.59. The zero-order valence-corrected chi connectivity index (χ0v) is 9.89. The summed E-state index contributed by atoms with van der Waals surface area (Å²) in [7, 11) is 1.80. The fourth-order valence-corrected chi connectivity index (χ4v) is 1.60. The van der Waals surface area contributed by atoms with Crippen molar-refractivity contribution in [3.63, 3.8) is 0 Å². The first-order valence-corrected chi connectivity index (χ1v) is 5.53. The Kier molecular flexibility index (Phi) is 4.92. The molecule has 4 heteroatoms. The normalized spacial score (nSPS) is 12.2. The highest BCUT2D eigenvalue weighted by Gasteiger charge is 2.18. The van der Waals surface area contributed by atoms with E-state index < -0.39 is 0 Å². The molecule has 1 unspecified atom stereocenters. The Labute approximate surface area is 96.5 Å². The van der Waals surface area contributed by atoms with E-state index in [0.29, 0.717) is 13.1 Å². The van der Waals surface area contributed by atoms with Crippen molar-refractivity contribution in [1.82, 2.24) is 9.88 Å². The van der Waals surface area contributed by atoms with Crippen LogP contribution in [0.25, 0.3) is 0 Å². The Balaban J connectivity index is 2.58. The van der Waals surface area contributed by atoms with E-state index in [1.807, 2.05) is 19.1 Å². The van der Waals surface area contributed by atoms with Crippen LogP contribution in [0.1, 0.15) is 18.9 Å². The van der Waals surface area contributed by atoms with Gasteiger partial charge in [-0.15, -0.1) is 0 Å². The molecule has 0 aromatic carbocycles. The van der Waals surface area contributed by atoms with E-state index in [-0.39, 0.29) is 11.8 Å². The van der Waals surface area contributed by atoms with Crippen molar-refractivity contribution in [3.05, 3.63) is 30.1 Å². The number of hydrogen-bond donors (Lipinski definition) is 1. The minimum absolute atomic E-state index is 0.0679. The highest BCUT2D eigenvalue weighted by molar-refractivity contribution is 5.78. The predicted octanol–water partition coefficient (Wildman–Crippen LogP) is 1.02. The highest BCUT2D eigenvalue weighted by atomic mass is 16.2. The standard InChI is InChI=1S/C12H19N3O/c1-3-11(7-13)12(16)15(2)9-10-5-4-6-14-8-10/h4-6,8,11H,3,7,9,13H2,1-2H3. The molecule has 0 bridgehead atoms. The summed E-state index contributed by atoms with van der Waals surface area (Å²) in [4.78, 5) is 17.7. The van der Waals surface area contributed by atoms with Gasteiger partial charge in [-0.1, -0.05) is 13.0 Å². The van der Waals surface area contributed by atoms with Crippen LogP contribution < -0.4 is 5.73 Å². The predicted molar refractivity (Wildman–Crippen MR) is 63.5 cm³/mol. The number of pyridine rings is 1. The van der Waals surface area contributed by atoms with E-state index in [0.717, 1.165) is 12.0 Å². The molecule has 1 heterocycles. The van der Waals surface area contributed by atoms with Gasteiger partial charge in [-0.2, -0.15) is 0 Å². The molecule has 1 rings (SSSR count). The van der Waals surface area contributed by atoms with Crippen molar-refractivity contribution in [2.24, 2.45) is 11.7 Å². The van der Waals surface area contributed by atoms with E-state index >= 15 is 0 Å². The van der Waals surface area contributed by atoms with Gasteiger partial charge in [0, 0.05) is 32.5 Å². The molecule has 0 aliphatic rings. The molecule has 0 radical (unpaired) electrons. The van der Waals surface area contributed by atoms with Crippen molar-refractivity contribution in [1.29, 1.82) is 0 Å². The second kappa shape index (κ2) is 6.23. The van der Waals surface area contributed by atoms with Crippen LogP contribution in [-0.2, 0) is 11.3 Å². The van der Waals surface area contributed by atoms with Crippen molar-refractivity contribution >= 4 is 5.91 Å². The van der Waals surface area contributed by atoms with Crippen LogP contribution in [0, 0.1) is 5.92 Å². The van der Waals surface area contributed by atoms with Gasteiger partial charge in [0.2, 0.25) is 5.91 Å². The summed E-state index contributed by atoms with van der Waals surface area (Å²) in [6, 6.07) is 3.83. The molecule has 0 aliphatic carbocycles. The van der Waals surface area contributed by atoms with E-state index in [1.54, 1.807) is 24.3 Å². The molecule has 2 N–H and O–H groups in total. The molecule has 0 saturated heterocycles. The molecule has 16 heavy (non-hydrogen) atoms. The second-order valence-corrected chi connectivity index (χ2v) is 3.90. The molecule has 88 valence electrons. The summed E-state index contributed by atoms with van der Waals surface area (Å²) in [5.74, 6) is 0.0375.